The highest BCUT2D eigenvalue weighted by Crippen LogP contribution is 2.18. The van der Waals surface area contributed by atoms with Crippen molar-refractivity contribution in [3.05, 3.63) is 76.6 Å². The van der Waals surface area contributed by atoms with E-state index in [-0.39, 0.29) is 5.69 Å². The maximum Gasteiger partial charge on any atom is 0.350 e. The maximum atomic E-state index is 12.3. The van der Waals surface area contributed by atoms with E-state index in [9.17, 15) is 4.79 Å². The van der Waals surface area contributed by atoms with Crippen LogP contribution >= 0.6 is 11.8 Å². The molecule has 0 saturated carbocycles. The summed E-state index contributed by atoms with van der Waals surface area (Å²) in [6, 6.07) is 15.7. The first-order valence-corrected chi connectivity index (χ1v) is 9.31. The standard InChI is InChI=1S/C18H18N6OS/c1-14-19-20-17(23(14)13-15-7-3-2-4-8-15)26-12-11-24-18(25)22-10-6-5-9-16(22)21-24/h2-10H,11-13H2,1H3. The molecule has 3 heterocycles. The summed E-state index contributed by atoms with van der Waals surface area (Å²) in [6.45, 7) is 3.20. The lowest BCUT2D eigenvalue weighted by molar-refractivity contribution is 0.636. The second-order valence-corrected chi connectivity index (χ2v) is 6.95. The van der Waals surface area contributed by atoms with Crippen molar-refractivity contribution in [3.63, 3.8) is 0 Å². The Hall–Kier alpha value is -2.87. The van der Waals surface area contributed by atoms with E-state index in [1.807, 2.05) is 43.3 Å². The summed E-state index contributed by atoms with van der Waals surface area (Å²) in [4.78, 5) is 12.3. The van der Waals surface area contributed by atoms with Crippen molar-refractivity contribution in [2.75, 3.05) is 5.75 Å². The van der Waals surface area contributed by atoms with Gasteiger partial charge < -0.3 is 4.57 Å². The van der Waals surface area contributed by atoms with Crippen LogP contribution in [0.25, 0.3) is 5.65 Å². The Balaban J connectivity index is 1.46. The molecule has 4 aromatic rings. The number of thioether (sulfide) groups is 1. The second-order valence-electron chi connectivity index (χ2n) is 5.88. The molecular weight excluding hydrogens is 348 g/mol. The summed E-state index contributed by atoms with van der Waals surface area (Å²) < 4.78 is 5.13. The molecule has 0 aliphatic rings. The molecule has 7 nitrogen and oxygen atoms in total. The van der Waals surface area contributed by atoms with Crippen LogP contribution in [0.3, 0.4) is 0 Å². The van der Waals surface area contributed by atoms with Gasteiger partial charge in [-0.15, -0.1) is 15.3 Å². The van der Waals surface area contributed by atoms with E-state index in [1.165, 1.54) is 10.2 Å². The van der Waals surface area contributed by atoms with Crippen LogP contribution in [0.15, 0.2) is 64.7 Å². The van der Waals surface area contributed by atoms with E-state index in [0.29, 0.717) is 17.9 Å². The van der Waals surface area contributed by atoms with Gasteiger partial charge in [0.25, 0.3) is 0 Å². The van der Waals surface area contributed by atoms with Gasteiger partial charge in [0, 0.05) is 11.9 Å². The van der Waals surface area contributed by atoms with Crippen LogP contribution in [-0.4, -0.2) is 34.7 Å². The van der Waals surface area contributed by atoms with Gasteiger partial charge in [-0.2, -0.15) is 0 Å². The van der Waals surface area contributed by atoms with E-state index in [1.54, 1.807) is 22.4 Å². The highest BCUT2D eigenvalue weighted by atomic mass is 32.2. The first kappa shape index (κ1) is 16.6. The van der Waals surface area contributed by atoms with Crippen molar-refractivity contribution in [3.8, 4) is 0 Å². The number of nitrogens with zero attached hydrogens (tertiary/aromatic N) is 6. The average Bonchev–Trinajstić information content (AvgIpc) is 3.17. The number of aryl methyl sites for hydroxylation is 2. The largest absolute Gasteiger partial charge is 0.350 e. The lowest BCUT2D eigenvalue weighted by Crippen LogP contribution is -2.22. The molecule has 26 heavy (non-hydrogen) atoms. The maximum absolute atomic E-state index is 12.3. The van der Waals surface area contributed by atoms with Gasteiger partial charge in [-0.3, -0.25) is 4.40 Å². The Labute approximate surface area is 154 Å². The Morgan fingerprint density at radius 1 is 1.04 bits per heavy atom. The average molecular weight is 366 g/mol. The molecular formula is C18H18N6OS. The van der Waals surface area contributed by atoms with Crippen LogP contribution < -0.4 is 5.69 Å². The number of hydrogen-bond acceptors (Lipinski definition) is 5. The van der Waals surface area contributed by atoms with Crippen LogP contribution in [0.2, 0.25) is 0 Å². The number of aromatic nitrogens is 6. The molecule has 0 radical (unpaired) electrons. The fourth-order valence-electron chi connectivity index (χ4n) is 2.75. The minimum atomic E-state index is -0.122. The second kappa shape index (κ2) is 7.17. The van der Waals surface area contributed by atoms with Crippen molar-refractivity contribution in [1.82, 2.24) is 28.9 Å². The number of fused-ring (bicyclic) bond motifs is 1. The Morgan fingerprint density at radius 2 is 1.85 bits per heavy atom. The molecule has 0 bridgehead atoms. The number of rotatable bonds is 6. The summed E-state index contributed by atoms with van der Waals surface area (Å²) in [6.07, 6.45) is 1.73. The molecule has 0 spiro atoms. The first-order valence-electron chi connectivity index (χ1n) is 8.33. The monoisotopic (exact) mass is 366 g/mol. The molecule has 0 N–H and O–H groups in total. The van der Waals surface area contributed by atoms with Crippen LogP contribution in [0.1, 0.15) is 11.4 Å². The Kier molecular flexibility index (Phi) is 4.57. The molecule has 3 aromatic heterocycles. The molecule has 0 saturated heterocycles. The lowest BCUT2D eigenvalue weighted by atomic mass is 10.2. The molecule has 0 aliphatic carbocycles. The molecule has 1 aromatic carbocycles. The fraction of sp³-hybridized carbons (Fsp3) is 0.222. The van der Waals surface area contributed by atoms with Crippen LogP contribution in [0.4, 0.5) is 0 Å². The third-order valence-corrected chi connectivity index (χ3v) is 5.05. The zero-order chi connectivity index (χ0) is 17.9. The zero-order valence-electron chi connectivity index (χ0n) is 14.3. The first-order chi connectivity index (χ1) is 12.7. The SMILES string of the molecule is Cc1nnc(SCCn2nc3ccccn3c2=O)n1Cc1ccccc1. The highest BCUT2D eigenvalue weighted by Gasteiger charge is 2.11. The van der Waals surface area contributed by atoms with Gasteiger partial charge in [-0.25, -0.2) is 9.48 Å². The van der Waals surface area contributed by atoms with E-state index >= 15 is 0 Å². The van der Waals surface area contributed by atoms with Gasteiger partial charge in [-0.05, 0) is 24.6 Å². The molecule has 0 fully saturated rings. The summed E-state index contributed by atoms with van der Waals surface area (Å²) in [7, 11) is 0. The van der Waals surface area contributed by atoms with Crippen molar-refractivity contribution >= 4 is 17.4 Å². The molecule has 0 amide bonds. The van der Waals surface area contributed by atoms with Gasteiger partial charge in [0.1, 0.15) is 5.82 Å². The fourth-order valence-corrected chi connectivity index (χ4v) is 3.65. The normalized spacial score (nSPS) is 11.3. The molecule has 0 unspecified atom stereocenters. The summed E-state index contributed by atoms with van der Waals surface area (Å²) in [5, 5.41) is 13.7. The Bertz CT molecular complexity index is 1080. The van der Waals surface area contributed by atoms with Gasteiger partial charge in [0.05, 0.1) is 13.1 Å². The number of pyridine rings is 1. The van der Waals surface area contributed by atoms with Crippen molar-refractivity contribution in [1.29, 1.82) is 0 Å². The van der Waals surface area contributed by atoms with Gasteiger partial charge >= 0.3 is 5.69 Å². The minimum Gasteiger partial charge on any atom is -0.302 e. The van der Waals surface area contributed by atoms with Crippen LogP contribution in [0.5, 0.6) is 0 Å². The van der Waals surface area contributed by atoms with Crippen molar-refractivity contribution in [2.45, 2.75) is 25.2 Å². The Morgan fingerprint density at radius 3 is 2.65 bits per heavy atom. The van der Waals surface area contributed by atoms with E-state index in [4.69, 9.17) is 0 Å². The van der Waals surface area contributed by atoms with Gasteiger partial charge in [0.2, 0.25) is 0 Å². The molecule has 8 heteroatoms. The summed E-state index contributed by atoms with van der Waals surface area (Å²) >= 11 is 1.58. The van der Waals surface area contributed by atoms with Crippen LogP contribution in [-0.2, 0) is 13.1 Å². The number of benzene rings is 1. The highest BCUT2D eigenvalue weighted by molar-refractivity contribution is 7.99. The van der Waals surface area contributed by atoms with E-state index in [0.717, 1.165) is 17.5 Å². The quantitative estimate of drug-likeness (QED) is 0.490. The third kappa shape index (κ3) is 3.28. The minimum absolute atomic E-state index is 0.122. The molecule has 0 aliphatic heterocycles. The van der Waals surface area contributed by atoms with Crippen molar-refractivity contribution < 1.29 is 0 Å². The lowest BCUT2D eigenvalue weighted by Gasteiger charge is -2.08. The molecule has 4 rings (SSSR count). The third-order valence-electron chi connectivity index (χ3n) is 4.11. The predicted octanol–water partition coefficient (Wildman–Crippen LogP) is 2.24. The topological polar surface area (TPSA) is 70.0 Å². The summed E-state index contributed by atoms with van der Waals surface area (Å²) in [5.41, 5.74) is 1.74. The summed E-state index contributed by atoms with van der Waals surface area (Å²) in [5.74, 6) is 1.57. The van der Waals surface area contributed by atoms with Crippen molar-refractivity contribution in [2.24, 2.45) is 0 Å². The zero-order valence-corrected chi connectivity index (χ0v) is 15.1. The van der Waals surface area contributed by atoms with Crippen LogP contribution in [0, 0.1) is 6.92 Å². The van der Waals surface area contributed by atoms with Gasteiger partial charge in [-0.1, -0.05) is 48.2 Å². The molecule has 0 atom stereocenters. The van der Waals surface area contributed by atoms with E-state index in [2.05, 4.69) is 32.0 Å². The smallest absolute Gasteiger partial charge is 0.302 e. The number of hydrogen-bond donors (Lipinski definition) is 0. The predicted molar refractivity (Wildman–Crippen MR) is 100 cm³/mol. The van der Waals surface area contributed by atoms with Gasteiger partial charge in [0.15, 0.2) is 10.8 Å². The van der Waals surface area contributed by atoms with E-state index < -0.39 is 0 Å². The molecule has 132 valence electrons.